The Bertz CT molecular complexity index is 1440. The van der Waals surface area contributed by atoms with Crippen molar-refractivity contribution in [2.24, 2.45) is 11.8 Å². The molecule has 4 aromatic rings. The number of benzene rings is 2. The number of pyridine rings is 1. The second-order valence-electron chi connectivity index (χ2n) is 10.2. The van der Waals surface area contributed by atoms with Crippen LogP contribution >= 0.6 is 11.6 Å². The van der Waals surface area contributed by atoms with Crippen molar-refractivity contribution in [3.05, 3.63) is 95.3 Å². The monoisotopic (exact) mass is 561 g/mol. The summed E-state index contributed by atoms with van der Waals surface area (Å²) in [5, 5.41) is 25.9. The van der Waals surface area contributed by atoms with E-state index < -0.39 is 18.0 Å². The van der Waals surface area contributed by atoms with Gasteiger partial charge in [0, 0.05) is 23.7 Å². The van der Waals surface area contributed by atoms with Crippen molar-refractivity contribution in [2.75, 3.05) is 6.61 Å². The minimum Gasteiger partial charge on any atom is -0.493 e. The summed E-state index contributed by atoms with van der Waals surface area (Å²) in [6.45, 7) is 4.02. The summed E-state index contributed by atoms with van der Waals surface area (Å²) in [7, 11) is 0. The van der Waals surface area contributed by atoms with Crippen LogP contribution in [0.1, 0.15) is 42.7 Å². The highest BCUT2D eigenvalue weighted by Gasteiger charge is 2.26. The Morgan fingerprint density at radius 3 is 2.45 bits per heavy atom. The lowest BCUT2D eigenvalue weighted by atomic mass is 9.88. The number of esters is 1. The summed E-state index contributed by atoms with van der Waals surface area (Å²) in [4.78, 5) is 29.8. The largest absolute Gasteiger partial charge is 0.493 e. The number of aliphatic hydroxyl groups excluding tert-OH is 1. The molecule has 0 unspecified atom stereocenters. The van der Waals surface area contributed by atoms with E-state index in [0.717, 1.165) is 16.7 Å². The molecule has 0 aliphatic carbocycles. The first kappa shape index (κ1) is 29.0. The Hall–Kier alpha value is -4.01. The van der Waals surface area contributed by atoms with Crippen LogP contribution in [0.2, 0.25) is 5.02 Å². The number of carbonyl (C=O) groups excluding carboxylic acids is 2. The molecule has 0 amide bonds. The predicted molar refractivity (Wildman–Crippen MR) is 152 cm³/mol. The van der Waals surface area contributed by atoms with E-state index in [1.165, 1.54) is 10.7 Å². The van der Waals surface area contributed by atoms with E-state index in [9.17, 15) is 19.8 Å². The third kappa shape index (κ3) is 7.77. The molecule has 40 heavy (non-hydrogen) atoms. The molecule has 0 bridgehead atoms. The van der Waals surface area contributed by atoms with Crippen molar-refractivity contribution in [3.8, 4) is 22.8 Å². The van der Waals surface area contributed by atoms with Gasteiger partial charge in [-0.1, -0.05) is 67.9 Å². The quantitative estimate of drug-likeness (QED) is 0.169. The molecule has 9 heteroatoms. The molecule has 0 aliphatic heterocycles. The topological polar surface area (TPSA) is 115 Å². The molecule has 0 saturated carbocycles. The molecule has 0 aliphatic rings. The number of carbonyl (C=O) groups is 2. The SMILES string of the molecule is CC(C)COC(=O)[C@H](O)C[C@H](CC(=O)c1cc(O)n(-c2ccccn2)n1)Cc1ccc(-c2cccc(Cl)c2)cc1. The lowest BCUT2D eigenvalue weighted by Gasteiger charge is -2.20. The third-order valence-corrected chi connectivity index (χ3v) is 6.58. The van der Waals surface area contributed by atoms with E-state index in [1.54, 1.807) is 24.4 Å². The van der Waals surface area contributed by atoms with Crippen molar-refractivity contribution >= 4 is 23.4 Å². The van der Waals surface area contributed by atoms with E-state index in [-0.39, 0.29) is 42.7 Å². The Balaban J connectivity index is 1.51. The van der Waals surface area contributed by atoms with Crippen LogP contribution in [-0.2, 0) is 16.0 Å². The maximum Gasteiger partial charge on any atom is 0.334 e. The van der Waals surface area contributed by atoms with Gasteiger partial charge in [0.05, 0.1) is 6.61 Å². The third-order valence-electron chi connectivity index (χ3n) is 6.34. The highest BCUT2D eigenvalue weighted by atomic mass is 35.5. The summed E-state index contributed by atoms with van der Waals surface area (Å²) in [5.41, 5.74) is 2.98. The summed E-state index contributed by atoms with van der Waals surface area (Å²) in [6, 6.07) is 21.9. The Morgan fingerprint density at radius 1 is 1.00 bits per heavy atom. The predicted octanol–water partition coefficient (Wildman–Crippen LogP) is 5.68. The average Bonchev–Trinajstić information content (AvgIpc) is 3.34. The van der Waals surface area contributed by atoms with Gasteiger partial charge in [-0.3, -0.25) is 4.79 Å². The average molecular weight is 562 g/mol. The lowest BCUT2D eigenvalue weighted by molar-refractivity contribution is -0.155. The number of aromatic nitrogens is 3. The van der Waals surface area contributed by atoms with Gasteiger partial charge in [0.2, 0.25) is 5.88 Å². The zero-order valence-corrected chi connectivity index (χ0v) is 23.2. The summed E-state index contributed by atoms with van der Waals surface area (Å²) in [6.07, 6.45) is 0.658. The molecule has 0 fully saturated rings. The number of ketones is 1. The van der Waals surface area contributed by atoms with Crippen LogP contribution in [0.25, 0.3) is 16.9 Å². The molecule has 2 aromatic heterocycles. The maximum atomic E-state index is 13.3. The molecule has 2 atom stereocenters. The molecular formula is C31H32ClN3O5. The van der Waals surface area contributed by atoms with Crippen molar-refractivity contribution in [2.45, 2.75) is 39.2 Å². The molecule has 4 rings (SSSR count). The van der Waals surface area contributed by atoms with Gasteiger partial charge in [-0.25, -0.2) is 9.78 Å². The second kappa shape index (κ2) is 13.4. The standard InChI is InChI=1S/C31H32ClN3O5/c1-20(2)19-40-31(39)28(37)16-22(14-21-9-11-23(12-10-21)24-6-5-7-25(32)17-24)15-27(36)26-18-30(38)35(34-26)29-8-3-4-13-33-29/h3-13,17-18,20,22,28,37-38H,14-16,19H2,1-2H3/t22-,28+/m0/s1. The van der Waals surface area contributed by atoms with Crippen LogP contribution in [-0.4, -0.2) is 49.4 Å². The highest BCUT2D eigenvalue weighted by molar-refractivity contribution is 6.30. The van der Waals surface area contributed by atoms with Crippen LogP contribution in [0.5, 0.6) is 5.88 Å². The normalized spacial score (nSPS) is 12.7. The maximum absolute atomic E-state index is 13.3. The number of ether oxygens (including phenoxy) is 1. The molecule has 0 spiro atoms. The second-order valence-corrected chi connectivity index (χ2v) is 10.6. The Morgan fingerprint density at radius 2 is 1.77 bits per heavy atom. The Labute approximate surface area is 238 Å². The Kier molecular flexibility index (Phi) is 9.69. The molecule has 2 N–H and O–H groups in total. The van der Waals surface area contributed by atoms with Crippen LogP contribution in [0.3, 0.4) is 0 Å². The molecule has 0 saturated heterocycles. The van der Waals surface area contributed by atoms with Gasteiger partial charge in [0.25, 0.3) is 0 Å². The lowest BCUT2D eigenvalue weighted by Crippen LogP contribution is -2.28. The van der Waals surface area contributed by atoms with Crippen LogP contribution in [0.4, 0.5) is 0 Å². The number of rotatable bonds is 12. The fourth-order valence-corrected chi connectivity index (χ4v) is 4.54. The van der Waals surface area contributed by atoms with Gasteiger partial charge in [-0.15, -0.1) is 0 Å². The van der Waals surface area contributed by atoms with Crippen LogP contribution in [0.15, 0.2) is 79.0 Å². The molecule has 8 nitrogen and oxygen atoms in total. The number of Topliss-reactive ketones (excluding diaryl/α,β-unsaturated/α-hetero) is 1. The van der Waals surface area contributed by atoms with Crippen molar-refractivity contribution in [3.63, 3.8) is 0 Å². The number of hydrogen-bond acceptors (Lipinski definition) is 7. The molecule has 0 radical (unpaired) electrons. The molecule has 208 valence electrons. The van der Waals surface area contributed by atoms with Gasteiger partial charge in [-0.05, 0) is 65.6 Å². The number of hydrogen-bond donors (Lipinski definition) is 2. The smallest absolute Gasteiger partial charge is 0.334 e. The van der Waals surface area contributed by atoms with Gasteiger partial charge < -0.3 is 14.9 Å². The van der Waals surface area contributed by atoms with Gasteiger partial charge in [0.1, 0.15) is 5.69 Å². The van der Waals surface area contributed by atoms with E-state index in [2.05, 4.69) is 10.1 Å². The molecular weight excluding hydrogens is 530 g/mol. The van der Waals surface area contributed by atoms with Crippen LogP contribution in [0, 0.1) is 11.8 Å². The van der Waals surface area contributed by atoms with Gasteiger partial charge in [0.15, 0.2) is 17.7 Å². The first-order chi connectivity index (χ1) is 19.2. The van der Waals surface area contributed by atoms with Crippen molar-refractivity contribution in [1.29, 1.82) is 0 Å². The fraction of sp³-hybridized carbons (Fsp3) is 0.290. The number of nitrogens with zero attached hydrogens (tertiary/aromatic N) is 3. The van der Waals surface area contributed by atoms with Crippen LogP contribution < -0.4 is 0 Å². The van der Waals surface area contributed by atoms with Gasteiger partial charge in [-0.2, -0.15) is 9.78 Å². The highest BCUT2D eigenvalue weighted by Crippen LogP contribution is 2.26. The van der Waals surface area contributed by atoms with Crippen molar-refractivity contribution < 1.29 is 24.5 Å². The number of aliphatic hydroxyl groups is 1. The fourth-order valence-electron chi connectivity index (χ4n) is 4.35. The zero-order valence-electron chi connectivity index (χ0n) is 22.4. The molecule has 2 aromatic carbocycles. The first-order valence-corrected chi connectivity index (χ1v) is 13.5. The minimum absolute atomic E-state index is 0.00321. The summed E-state index contributed by atoms with van der Waals surface area (Å²) < 4.78 is 6.40. The zero-order chi connectivity index (χ0) is 28.6. The van der Waals surface area contributed by atoms with E-state index in [1.807, 2.05) is 62.4 Å². The molecule has 2 heterocycles. The van der Waals surface area contributed by atoms with Crippen molar-refractivity contribution in [1.82, 2.24) is 14.8 Å². The first-order valence-electron chi connectivity index (χ1n) is 13.1. The summed E-state index contributed by atoms with van der Waals surface area (Å²) in [5.74, 6) is -1.14. The van der Waals surface area contributed by atoms with E-state index in [4.69, 9.17) is 16.3 Å². The van der Waals surface area contributed by atoms with E-state index >= 15 is 0 Å². The number of aromatic hydroxyl groups is 1. The number of halogens is 1. The minimum atomic E-state index is -1.37. The summed E-state index contributed by atoms with van der Waals surface area (Å²) >= 11 is 6.13. The van der Waals surface area contributed by atoms with Gasteiger partial charge >= 0.3 is 5.97 Å². The van der Waals surface area contributed by atoms with E-state index in [0.29, 0.717) is 17.3 Å².